The van der Waals surface area contributed by atoms with Crippen molar-refractivity contribution in [2.75, 3.05) is 19.6 Å². The summed E-state index contributed by atoms with van der Waals surface area (Å²) in [6, 6.07) is 12.5. The van der Waals surface area contributed by atoms with E-state index in [9.17, 15) is 19.5 Å². The highest BCUT2D eigenvalue weighted by atomic mass is 16.3. The molecule has 3 atom stereocenters. The molecular formula is C31H46N4O4. The van der Waals surface area contributed by atoms with Gasteiger partial charge in [-0.1, -0.05) is 70.2 Å². The number of hydrogen-bond acceptors (Lipinski definition) is 5. The minimum atomic E-state index is -0.868. The van der Waals surface area contributed by atoms with Crippen LogP contribution >= 0.6 is 0 Å². The van der Waals surface area contributed by atoms with Gasteiger partial charge in [0.1, 0.15) is 12.1 Å². The number of fused-ring (bicyclic) bond motifs is 1. The van der Waals surface area contributed by atoms with E-state index in [0.29, 0.717) is 24.8 Å². The third kappa shape index (κ3) is 8.77. The second-order valence-electron chi connectivity index (χ2n) is 11.7. The van der Waals surface area contributed by atoms with Crippen LogP contribution in [0.1, 0.15) is 58.9 Å². The molecule has 3 amide bonds. The van der Waals surface area contributed by atoms with Crippen LogP contribution in [0.3, 0.4) is 0 Å². The zero-order valence-electron chi connectivity index (χ0n) is 23.9. The molecule has 0 aromatic heterocycles. The van der Waals surface area contributed by atoms with Gasteiger partial charge in [-0.15, -0.1) is 0 Å². The van der Waals surface area contributed by atoms with Gasteiger partial charge in [0.15, 0.2) is 0 Å². The van der Waals surface area contributed by atoms with E-state index in [1.807, 2.05) is 42.5 Å². The molecule has 1 heterocycles. The number of carbonyl (C=O) groups is 3. The Hall–Kier alpha value is -2.97. The highest BCUT2D eigenvalue weighted by Crippen LogP contribution is 2.27. The largest absolute Gasteiger partial charge is 0.390 e. The second kappa shape index (κ2) is 14.4. The fourth-order valence-corrected chi connectivity index (χ4v) is 5.48. The van der Waals surface area contributed by atoms with Crippen LogP contribution in [0, 0.1) is 17.8 Å². The van der Waals surface area contributed by atoms with E-state index in [-0.39, 0.29) is 37.2 Å². The van der Waals surface area contributed by atoms with Gasteiger partial charge in [0, 0.05) is 32.0 Å². The Morgan fingerprint density at radius 3 is 2.33 bits per heavy atom. The summed E-state index contributed by atoms with van der Waals surface area (Å²) >= 11 is 0. The maximum atomic E-state index is 13.6. The number of rotatable bonds is 13. The number of nitrogens with zero attached hydrogens (tertiary/aromatic N) is 1. The Labute approximate surface area is 232 Å². The molecule has 5 N–H and O–H groups in total. The number of nitrogens with one attached hydrogen (secondary N) is 2. The molecule has 1 fully saturated rings. The topological polar surface area (TPSA) is 125 Å². The lowest BCUT2D eigenvalue weighted by atomic mass is 9.88. The molecule has 2 unspecified atom stereocenters. The minimum Gasteiger partial charge on any atom is -0.390 e. The van der Waals surface area contributed by atoms with Crippen molar-refractivity contribution in [3.05, 3.63) is 48.0 Å². The molecule has 2 aromatic rings. The lowest BCUT2D eigenvalue weighted by molar-refractivity contribution is -0.143. The van der Waals surface area contributed by atoms with Gasteiger partial charge >= 0.3 is 0 Å². The first kappa shape index (κ1) is 30.6. The molecule has 0 radical (unpaired) electrons. The van der Waals surface area contributed by atoms with Gasteiger partial charge in [0.25, 0.3) is 0 Å². The molecule has 1 aliphatic rings. The average Bonchev–Trinajstić information content (AvgIpc) is 3.40. The maximum absolute atomic E-state index is 13.6. The number of hydrogen-bond donors (Lipinski definition) is 4. The number of amides is 3. The first-order valence-electron chi connectivity index (χ1n) is 14.3. The predicted octanol–water partition coefficient (Wildman–Crippen LogP) is 3.00. The summed E-state index contributed by atoms with van der Waals surface area (Å²) in [6.07, 6.45) is 2.32. The molecule has 0 bridgehead atoms. The summed E-state index contributed by atoms with van der Waals surface area (Å²) in [6.45, 7) is 9.04. The molecule has 2 aromatic carbocycles. The number of likely N-dealkylation sites (tertiary alicyclic amines) is 1. The van der Waals surface area contributed by atoms with E-state index < -0.39 is 24.1 Å². The van der Waals surface area contributed by atoms with Gasteiger partial charge in [0.05, 0.1) is 6.10 Å². The maximum Gasteiger partial charge on any atom is 0.243 e. The van der Waals surface area contributed by atoms with Gasteiger partial charge < -0.3 is 26.4 Å². The molecule has 8 nitrogen and oxygen atoms in total. The summed E-state index contributed by atoms with van der Waals surface area (Å²) in [4.78, 5) is 42.1. The van der Waals surface area contributed by atoms with Crippen LogP contribution in [0.2, 0.25) is 0 Å². The van der Waals surface area contributed by atoms with Crippen LogP contribution in [-0.2, 0) is 20.8 Å². The number of aliphatic hydroxyl groups is 1. The summed E-state index contributed by atoms with van der Waals surface area (Å²) in [7, 11) is 0. The molecule has 39 heavy (non-hydrogen) atoms. The molecule has 1 aliphatic heterocycles. The molecule has 0 saturated carbocycles. The molecular weight excluding hydrogens is 492 g/mol. The third-order valence-corrected chi connectivity index (χ3v) is 7.37. The Morgan fingerprint density at radius 2 is 1.69 bits per heavy atom. The number of nitrogens with two attached hydrogens (primary N) is 1. The van der Waals surface area contributed by atoms with Crippen molar-refractivity contribution < 1.29 is 19.5 Å². The fourth-order valence-electron chi connectivity index (χ4n) is 5.48. The van der Waals surface area contributed by atoms with Crippen molar-refractivity contribution in [1.29, 1.82) is 0 Å². The molecule has 1 saturated heterocycles. The smallest absolute Gasteiger partial charge is 0.243 e. The van der Waals surface area contributed by atoms with E-state index in [4.69, 9.17) is 5.73 Å². The van der Waals surface area contributed by atoms with Crippen LogP contribution in [0.25, 0.3) is 10.8 Å². The Kier molecular flexibility index (Phi) is 11.3. The monoisotopic (exact) mass is 538 g/mol. The number of aliphatic hydroxyl groups excluding tert-OH is 1. The van der Waals surface area contributed by atoms with Crippen molar-refractivity contribution in [1.82, 2.24) is 15.5 Å². The average molecular weight is 539 g/mol. The third-order valence-electron chi connectivity index (χ3n) is 7.37. The predicted molar refractivity (Wildman–Crippen MR) is 155 cm³/mol. The lowest BCUT2D eigenvalue weighted by Crippen LogP contribution is -2.55. The van der Waals surface area contributed by atoms with Gasteiger partial charge in [-0.3, -0.25) is 14.4 Å². The van der Waals surface area contributed by atoms with E-state index in [2.05, 4.69) is 38.3 Å². The Bertz CT molecular complexity index is 1110. The highest BCUT2D eigenvalue weighted by Gasteiger charge is 2.38. The van der Waals surface area contributed by atoms with Crippen LogP contribution < -0.4 is 16.4 Å². The van der Waals surface area contributed by atoms with Gasteiger partial charge in [-0.2, -0.15) is 0 Å². The zero-order valence-corrected chi connectivity index (χ0v) is 23.9. The summed E-state index contributed by atoms with van der Waals surface area (Å²) in [5.41, 5.74) is 6.40. The second-order valence-corrected chi connectivity index (χ2v) is 11.7. The van der Waals surface area contributed by atoms with Crippen LogP contribution in [0.15, 0.2) is 42.5 Å². The van der Waals surface area contributed by atoms with Gasteiger partial charge in [-0.05, 0) is 53.9 Å². The van der Waals surface area contributed by atoms with Gasteiger partial charge in [0.2, 0.25) is 17.7 Å². The Morgan fingerprint density at radius 1 is 1.03 bits per heavy atom. The van der Waals surface area contributed by atoms with Crippen molar-refractivity contribution >= 4 is 28.5 Å². The molecule has 214 valence electrons. The van der Waals surface area contributed by atoms with E-state index >= 15 is 0 Å². The zero-order chi connectivity index (χ0) is 28.5. The SMILES string of the molecule is CC(C)CC(CC(C)C)C(=O)N1CCCC1C(=O)N[C@H](Cc1ccc2ccccc2c1)C(=O)NCC(O)CN. The molecule has 0 aliphatic carbocycles. The van der Waals surface area contributed by atoms with E-state index in [1.165, 1.54) is 0 Å². The molecule has 8 heteroatoms. The van der Waals surface area contributed by atoms with Crippen molar-refractivity contribution in [2.24, 2.45) is 23.5 Å². The number of benzene rings is 2. The lowest BCUT2D eigenvalue weighted by Gasteiger charge is -2.31. The van der Waals surface area contributed by atoms with Crippen LogP contribution in [-0.4, -0.2) is 65.5 Å². The van der Waals surface area contributed by atoms with Gasteiger partial charge in [-0.25, -0.2) is 0 Å². The normalized spacial score (nSPS) is 17.2. The number of carbonyl (C=O) groups excluding carboxylic acids is 3. The summed E-state index contributed by atoms with van der Waals surface area (Å²) in [5, 5.41) is 17.7. The highest BCUT2D eigenvalue weighted by molar-refractivity contribution is 5.93. The first-order valence-corrected chi connectivity index (χ1v) is 14.3. The first-order chi connectivity index (χ1) is 18.6. The van der Waals surface area contributed by atoms with E-state index in [1.54, 1.807) is 4.90 Å². The van der Waals surface area contributed by atoms with Crippen molar-refractivity contribution in [3.8, 4) is 0 Å². The summed E-state index contributed by atoms with van der Waals surface area (Å²) in [5.74, 6) is -0.0196. The quantitative estimate of drug-likeness (QED) is 0.312. The standard InChI is InChI=1S/C31H46N4O4/c1-20(2)14-25(15-21(3)4)31(39)35-13-7-10-28(35)30(38)34-27(29(37)33-19-26(36)18-32)17-22-11-12-23-8-5-6-9-24(23)16-22/h5-6,8-9,11-12,16,20-21,25-28,36H,7,10,13-15,17-19,32H2,1-4H3,(H,33,37)(H,34,38)/t26?,27-,28?/m1/s1. The minimum absolute atomic E-state index is 0.000448. The molecule has 0 spiro atoms. The van der Waals surface area contributed by atoms with Crippen molar-refractivity contribution in [3.63, 3.8) is 0 Å². The van der Waals surface area contributed by atoms with E-state index in [0.717, 1.165) is 35.6 Å². The van der Waals surface area contributed by atoms with Crippen molar-refractivity contribution in [2.45, 2.75) is 78.0 Å². The molecule has 3 rings (SSSR count). The fraction of sp³-hybridized carbons (Fsp3) is 0.581. The Balaban J connectivity index is 1.78. The van der Waals surface area contributed by atoms with Crippen LogP contribution in [0.4, 0.5) is 0 Å². The summed E-state index contributed by atoms with van der Waals surface area (Å²) < 4.78 is 0. The van der Waals surface area contributed by atoms with Crippen LogP contribution in [0.5, 0.6) is 0 Å².